The Morgan fingerprint density at radius 3 is 2.82 bits per heavy atom. The maximum atomic E-state index is 5.66. The largest absolute Gasteiger partial charge is 0.493 e. The molecule has 0 radical (unpaired) electrons. The Balaban J connectivity index is 1.98. The molecule has 17 heavy (non-hydrogen) atoms. The van der Waals surface area contributed by atoms with Crippen molar-refractivity contribution in [2.45, 2.75) is 32.3 Å². The molecule has 1 aromatic rings. The summed E-state index contributed by atoms with van der Waals surface area (Å²) in [6, 6.07) is 6.17. The molecule has 0 amide bonds. The van der Waals surface area contributed by atoms with Crippen molar-refractivity contribution in [3.63, 3.8) is 0 Å². The van der Waals surface area contributed by atoms with Crippen LogP contribution in [-0.4, -0.2) is 26.4 Å². The monoisotopic (exact) mass is 236 g/mol. The fourth-order valence-corrected chi connectivity index (χ4v) is 1.71. The second-order valence-electron chi connectivity index (χ2n) is 4.36. The molecule has 1 unspecified atom stereocenters. The molecule has 1 aromatic carbocycles. The van der Waals surface area contributed by atoms with Crippen molar-refractivity contribution in [1.29, 1.82) is 0 Å². The second kappa shape index (κ2) is 5.92. The van der Waals surface area contributed by atoms with E-state index >= 15 is 0 Å². The lowest BCUT2D eigenvalue weighted by Gasteiger charge is -2.11. The minimum Gasteiger partial charge on any atom is -0.493 e. The first-order valence-corrected chi connectivity index (χ1v) is 6.24. The van der Waals surface area contributed by atoms with Crippen LogP contribution in [0.5, 0.6) is 11.5 Å². The number of unbranched alkanes of at least 4 members (excludes halogenated alkanes) is 1. The van der Waals surface area contributed by atoms with Gasteiger partial charge in [0.15, 0.2) is 11.5 Å². The molecular formula is C14H20O3. The Morgan fingerprint density at radius 1 is 1.35 bits per heavy atom. The first-order valence-electron chi connectivity index (χ1n) is 6.24. The third-order valence-electron chi connectivity index (χ3n) is 2.87. The van der Waals surface area contributed by atoms with Gasteiger partial charge in [-0.05, 0) is 30.5 Å². The second-order valence-corrected chi connectivity index (χ2v) is 4.36. The molecule has 1 aliphatic heterocycles. The summed E-state index contributed by atoms with van der Waals surface area (Å²) in [6.45, 7) is 3.63. The lowest BCUT2D eigenvalue weighted by atomic mass is 10.1. The standard InChI is InChI=1S/C14H20O3/c1-3-4-5-11-6-7-13(14(8-11)15-2)17-10-12-9-16-12/h6-8,12H,3-5,9-10H2,1-2H3. The number of ether oxygens (including phenoxy) is 3. The van der Waals surface area contributed by atoms with E-state index in [0.717, 1.165) is 24.5 Å². The van der Waals surface area contributed by atoms with Crippen LogP contribution in [0.15, 0.2) is 18.2 Å². The van der Waals surface area contributed by atoms with Gasteiger partial charge in [-0.2, -0.15) is 0 Å². The number of epoxide rings is 1. The molecule has 3 heteroatoms. The summed E-state index contributed by atoms with van der Waals surface area (Å²) >= 11 is 0. The summed E-state index contributed by atoms with van der Waals surface area (Å²) in [6.07, 6.45) is 3.79. The smallest absolute Gasteiger partial charge is 0.161 e. The van der Waals surface area contributed by atoms with Crippen LogP contribution in [0.1, 0.15) is 25.3 Å². The summed E-state index contributed by atoms with van der Waals surface area (Å²) in [5, 5.41) is 0. The van der Waals surface area contributed by atoms with E-state index in [4.69, 9.17) is 14.2 Å². The van der Waals surface area contributed by atoms with Crippen LogP contribution in [0.2, 0.25) is 0 Å². The Labute approximate surface area is 103 Å². The summed E-state index contributed by atoms with van der Waals surface area (Å²) in [5.41, 5.74) is 1.30. The molecule has 2 rings (SSSR count). The number of hydrogen-bond acceptors (Lipinski definition) is 3. The molecule has 0 N–H and O–H groups in total. The van der Waals surface area contributed by atoms with Crippen molar-refractivity contribution >= 4 is 0 Å². The van der Waals surface area contributed by atoms with Crippen LogP contribution in [0.4, 0.5) is 0 Å². The third kappa shape index (κ3) is 3.63. The van der Waals surface area contributed by atoms with E-state index in [1.807, 2.05) is 6.07 Å². The Hall–Kier alpha value is -1.22. The van der Waals surface area contributed by atoms with Crippen molar-refractivity contribution in [3.05, 3.63) is 23.8 Å². The SMILES string of the molecule is CCCCc1ccc(OCC2CO2)c(OC)c1. The molecule has 1 atom stereocenters. The Morgan fingerprint density at radius 2 is 2.18 bits per heavy atom. The van der Waals surface area contributed by atoms with Gasteiger partial charge in [0.2, 0.25) is 0 Å². The molecule has 1 saturated heterocycles. The van der Waals surface area contributed by atoms with E-state index in [1.54, 1.807) is 7.11 Å². The summed E-state index contributed by atoms with van der Waals surface area (Å²) in [7, 11) is 1.68. The average Bonchev–Trinajstić information content (AvgIpc) is 3.18. The molecular weight excluding hydrogens is 216 g/mol. The zero-order valence-electron chi connectivity index (χ0n) is 10.6. The highest BCUT2D eigenvalue weighted by Crippen LogP contribution is 2.29. The van der Waals surface area contributed by atoms with E-state index in [9.17, 15) is 0 Å². The van der Waals surface area contributed by atoms with Gasteiger partial charge in [-0.1, -0.05) is 19.4 Å². The van der Waals surface area contributed by atoms with Gasteiger partial charge >= 0.3 is 0 Å². The van der Waals surface area contributed by atoms with Crippen LogP contribution in [0.25, 0.3) is 0 Å². The zero-order valence-corrected chi connectivity index (χ0v) is 10.6. The molecule has 0 aromatic heterocycles. The van der Waals surface area contributed by atoms with Crippen LogP contribution in [0, 0.1) is 0 Å². The van der Waals surface area contributed by atoms with Crippen molar-refractivity contribution in [2.75, 3.05) is 20.3 Å². The topological polar surface area (TPSA) is 31.0 Å². The normalized spacial score (nSPS) is 17.9. The fraction of sp³-hybridized carbons (Fsp3) is 0.571. The third-order valence-corrected chi connectivity index (χ3v) is 2.87. The van der Waals surface area contributed by atoms with E-state index in [2.05, 4.69) is 19.1 Å². The summed E-state index contributed by atoms with van der Waals surface area (Å²) in [5.74, 6) is 1.63. The lowest BCUT2D eigenvalue weighted by Crippen LogP contribution is -2.05. The van der Waals surface area contributed by atoms with Crippen LogP contribution in [-0.2, 0) is 11.2 Å². The minimum atomic E-state index is 0.277. The number of rotatable bonds is 7. The number of benzene rings is 1. The predicted molar refractivity (Wildman–Crippen MR) is 66.8 cm³/mol. The summed E-state index contributed by atoms with van der Waals surface area (Å²) in [4.78, 5) is 0. The highest BCUT2D eigenvalue weighted by Gasteiger charge is 2.23. The molecule has 0 bridgehead atoms. The minimum absolute atomic E-state index is 0.277. The van der Waals surface area contributed by atoms with E-state index in [1.165, 1.54) is 18.4 Å². The zero-order chi connectivity index (χ0) is 12.1. The van der Waals surface area contributed by atoms with Gasteiger partial charge in [0.1, 0.15) is 12.7 Å². The molecule has 0 saturated carbocycles. The number of hydrogen-bond donors (Lipinski definition) is 0. The molecule has 1 heterocycles. The number of aryl methyl sites for hydroxylation is 1. The fourth-order valence-electron chi connectivity index (χ4n) is 1.71. The van der Waals surface area contributed by atoms with Crippen molar-refractivity contribution in [2.24, 2.45) is 0 Å². The van der Waals surface area contributed by atoms with Gasteiger partial charge in [0.05, 0.1) is 13.7 Å². The van der Waals surface area contributed by atoms with Gasteiger partial charge in [0, 0.05) is 0 Å². The molecule has 1 fully saturated rings. The Kier molecular flexibility index (Phi) is 4.26. The number of methoxy groups -OCH3 is 1. The van der Waals surface area contributed by atoms with E-state index < -0.39 is 0 Å². The van der Waals surface area contributed by atoms with Crippen LogP contribution in [0.3, 0.4) is 0 Å². The van der Waals surface area contributed by atoms with Gasteiger partial charge < -0.3 is 14.2 Å². The van der Waals surface area contributed by atoms with Gasteiger partial charge in [-0.25, -0.2) is 0 Å². The van der Waals surface area contributed by atoms with Gasteiger partial charge in [-0.15, -0.1) is 0 Å². The lowest BCUT2D eigenvalue weighted by molar-refractivity contribution is 0.252. The molecule has 1 aliphatic rings. The molecule has 0 spiro atoms. The highest BCUT2D eigenvalue weighted by molar-refractivity contribution is 5.43. The van der Waals surface area contributed by atoms with Crippen LogP contribution >= 0.6 is 0 Å². The average molecular weight is 236 g/mol. The summed E-state index contributed by atoms with van der Waals surface area (Å²) < 4.78 is 16.1. The molecule has 0 aliphatic carbocycles. The van der Waals surface area contributed by atoms with E-state index in [-0.39, 0.29) is 6.10 Å². The Bertz CT molecular complexity index is 358. The molecule has 94 valence electrons. The maximum absolute atomic E-state index is 5.66. The first kappa shape index (κ1) is 12.2. The van der Waals surface area contributed by atoms with E-state index in [0.29, 0.717) is 6.61 Å². The van der Waals surface area contributed by atoms with Crippen molar-refractivity contribution in [3.8, 4) is 11.5 Å². The van der Waals surface area contributed by atoms with Crippen molar-refractivity contribution in [1.82, 2.24) is 0 Å². The van der Waals surface area contributed by atoms with Crippen LogP contribution < -0.4 is 9.47 Å². The predicted octanol–water partition coefficient (Wildman–Crippen LogP) is 2.82. The van der Waals surface area contributed by atoms with Crippen molar-refractivity contribution < 1.29 is 14.2 Å². The maximum Gasteiger partial charge on any atom is 0.161 e. The first-order chi connectivity index (χ1) is 8.33. The molecule has 3 nitrogen and oxygen atoms in total. The highest BCUT2D eigenvalue weighted by atomic mass is 16.6. The quantitative estimate of drug-likeness (QED) is 0.682. The van der Waals surface area contributed by atoms with Gasteiger partial charge in [-0.3, -0.25) is 0 Å². The van der Waals surface area contributed by atoms with Gasteiger partial charge in [0.25, 0.3) is 0 Å².